The van der Waals surface area contributed by atoms with Gasteiger partial charge in [0.1, 0.15) is 5.82 Å². The molecule has 8 heteroatoms. The van der Waals surface area contributed by atoms with E-state index in [1.807, 2.05) is 0 Å². The molecule has 5 nitrogen and oxygen atoms in total. The lowest BCUT2D eigenvalue weighted by Gasteiger charge is -2.04. The van der Waals surface area contributed by atoms with Crippen LogP contribution in [0.3, 0.4) is 0 Å². The van der Waals surface area contributed by atoms with Crippen LogP contribution in [-0.4, -0.2) is 16.1 Å². The molecular weight excluding hydrogens is 267 g/mol. The number of anilines is 2. The van der Waals surface area contributed by atoms with Gasteiger partial charge in [-0.05, 0) is 18.2 Å². The zero-order valence-corrected chi connectivity index (χ0v) is 9.85. The molecule has 0 aliphatic carbocycles. The van der Waals surface area contributed by atoms with Gasteiger partial charge in [0.15, 0.2) is 0 Å². The fourth-order valence-corrected chi connectivity index (χ4v) is 1.77. The van der Waals surface area contributed by atoms with Gasteiger partial charge in [-0.2, -0.15) is 0 Å². The van der Waals surface area contributed by atoms with Crippen LogP contribution < -0.4 is 11.1 Å². The van der Waals surface area contributed by atoms with Crippen LogP contribution in [0.25, 0.3) is 0 Å². The van der Waals surface area contributed by atoms with Crippen molar-refractivity contribution in [1.29, 1.82) is 0 Å². The van der Waals surface area contributed by atoms with E-state index in [-0.39, 0.29) is 20.8 Å². The Morgan fingerprint density at radius 1 is 1.47 bits per heavy atom. The van der Waals surface area contributed by atoms with E-state index in [0.29, 0.717) is 0 Å². The van der Waals surface area contributed by atoms with Gasteiger partial charge in [0, 0.05) is 0 Å². The number of hydrogen-bond acceptors (Lipinski definition) is 5. The van der Waals surface area contributed by atoms with Gasteiger partial charge >= 0.3 is 0 Å². The number of nitrogens with zero attached hydrogens (tertiary/aromatic N) is 2. The highest BCUT2D eigenvalue weighted by Gasteiger charge is 2.13. The van der Waals surface area contributed by atoms with Crippen LogP contribution in [0.2, 0.25) is 5.02 Å². The molecule has 1 aromatic heterocycles. The molecule has 0 fully saturated rings. The molecule has 2 aromatic rings. The maximum absolute atomic E-state index is 12.9. The lowest BCUT2D eigenvalue weighted by atomic mass is 10.3. The molecule has 0 atom stereocenters. The van der Waals surface area contributed by atoms with Crippen LogP contribution >= 0.6 is 22.9 Å². The number of halogens is 2. The number of rotatable bonds is 2. The lowest BCUT2D eigenvalue weighted by molar-refractivity contribution is 0.102. The lowest BCUT2D eigenvalue weighted by Crippen LogP contribution is -2.12. The number of nitrogens with two attached hydrogens (primary N) is 1. The molecule has 1 amide bonds. The average molecular weight is 273 g/mol. The quantitative estimate of drug-likeness (QED) is 0.878. The van der Waals surface area contributed by atoms with Gasteiger partial charge < -0.3 is 11.1 Å². The zero-order chi connectivity index (χ0) is 12.4. The Bertz CT molecular complexity index is 574. The first kappa shape index (κ1) is 11.7. The summed E-state index contributed by atoms with van der Waals surface area (Å²) in [5.74, 6) is -1.03. The minimum atomic E-state index is -0.535. The number of hydrogen-bond donors (Lipinski definition) is 2. The van der Waals surface area contributed by atoms with E-state index < -0.39 is 11.7 Å². The monoisotopic (exact) mass is 272 g/mol. The third kappa shape index (κ3) is 2.69. The molecule has 2 rings (SSSR count). The molecule has 88 valence electrons. The molecule has 0 saturated heterocycles. The van der Waals surface area contributed by atoms with Crippen molar-refractivity contribution in [1.82, 2.24) is 10.2 Å². The average Bonchev–Trinajstić information content (AvgIpc) is 2.70. The smallest absolute Gasteiger partial charge is 0.286 e. The Labute approximate surface area is 104 Å². The molecule has 0 unspecified atom stereocenters. The number of carbonyl (C=O) groups excluding carboxylic acids is 1. The van der Waals surface area contributed by atoms with Crippen molar-refractivity contribution in [2.24, 2.45) is 0 Å². The number of nitrogen functional groups attached to an aromatic ring is 1. The van der Waals surface area contributed by atoms with Crippen molar-refractivity contribution in [3.05, 3.63) is 34.0 Å². The predicted molar refractivity (Wildman–Crippen MR) is 63.7 cm³/mol. The van der Waals surface area contributed by atoms with E-state index in [1.54, 1.807) is 0 Å². The fraction of sp³-hybridized carbons (Fsp3) is 0. The summed E-state index contributed by atoms with van der Waals surface area (Å²) in [4.78, 5) is 11.7. The number of carbonyl (C=O) groups is 1. The van der Waals surface area contributed by atoms with Crippen LogP contribution in [0.15, 0.2) is 18.2 Å². The van der Waals surface area contributed by atoms with Crippen LogP contribution in [0.1, 0.15) is 9.80 Å². The second kappa shape index (κ2) is 4.64. The van der Waals surface area contributed by atoms with Crippen molar-refractivity contribution < 1.29 is 9.18 Å². The molecule has 0 radical (unpaired) electrons. The third-order valence-electron chi connectivity index (χ3n) is 1.81. The summed E-state index contributed by atoms with van der Waals surface area (Å²) in [5.41, 5.74) is 5.51. The van der Waals surface area contributed by atoms with Gasteiger partial charge in [0.2, 0.25) is 10.1 Å². The van der Waals surface area contributed by atoms with Crippen molar-refractivity contribution in [3.63, 3.8) is 0 Å². The SMILES string of the molecule is Nc1nnc(C(=O)Nc2cc(F)ccc2Cl)s1. The minimum absolute atomic E-state index is 0.0860. The molecule has 0 saturated carbocycles. The van der Waals surface area contributed by atoms with Gasteiger partial charge in [-0.25, -0.2) is 4.39 Å². The number of aromatic nitrogens is 2. The van der Waals surface area contributed by atoms with E-state index in [0.717, 1.165) is 17.4 Å². The van der Waals surface area contributed by atoms with Crippen LogP contribution in [0.4, 0.5) is 15.2 Å². The largest absolute Gasteiger partial charge is 0.374 e. The van der Waals surface area contributed by atoms with Crippen LogP contribution in [0.5, 0.6) is 0 Å². The molecule has 0 aliphatic rings. The summed E-state index contributed by atoms with van der Waals surface area (Å²) in [7, 11) is 0. The summed E-state index contributed by atoms with van der Waals surface area (Å²) >= 11 is 6.73. The van der Waals surface area contributed by atoms with Gasteiger partial charge in [0.05, 0.1) is 10.7 Å². The second-order valence-corrected chi connectivity index (χ2v) is 4.44. The summed E-state index contributed by atoms with van der Waals surface area (Å²) in [6.45, 7) is 0. The maximum atomic E-state index is 12.9. The highest BCUT2D eigenvalue weighted by Crippen LogP contribution is 2.23. The first-order valence-electron chi connectivity index (χ1n) is 4.41. The highest BCUT2D eigenvalue weighted by molar-refractivity contribution is 7.17. The molecule has 3 N–H and O–H groups in total. The molecular formula is C9H6ClFN4OS. The topological polar surface area (TPSA) is 80.9 Å². The number of benzene rings is 1. The van der Waals surface area contributed by atoms with E-state index >= 15 is 0 Å². The van der Waals surface area contributed by atoms with Crippen LogP contribution in [0, 0.1) is 5.82 Å². The molecule has 0 spiro atoms. The summed E-state index contributed by atoms with van der Waals surface area (Å²) in [6, 6.07) is 3.66. The first-order valence-corrected chi connectivity index (χ1v) is 5.61. The van der Waals surface area contributed by atoms with E-state index in [1.165, 1.54) is 12.1 Å². The number of nitrogens with one attached hydrogen (secondary N) is 1. The Hall–Kier alpha value is -1.73. The second-order valence-electron chi connectivity index (χ2n) is 3.02. The van der Waals surface area contributed by atoms with E-state index in [9.17, 15) is 9.18 Å². The Morgan fingerprint density at radius 3 is 2.88 bits per heavy atom. The normalized spacial score (nSPS) is 10.2. The Kier molecular flexibility index (Phi) is 3.21. The van der Waals surface area contributed by atoms with Gasteiger partial charge in [-0.1, -0.05) is 22.9 Å². The standard InChI is InChI=1S/C9H6ClFN4OS/c10-5-2-1-4(11)3-6(5)13-7(16)8-14-15-9(12)17-8/h1-3H,(H2,12,15)(H,13,16). The Morgan fingerprint density at radius 2 is 2.24 bits per heavy atom. The van der Waals surface area contributed by atoms with E-state index in [4.69, 9.17) is 17.3 Å². The highest BCUT2D eigenvalue weighted by atomic mass is 35.5. The molecule has 1 heterocycles. The number of amides is 1. The van der Waals surface area contributed by atoms with Crippen molar-refractivity contribution in [3.8, 4) is 0 Å². The molecule has 0 aliphatic heterocycles. The van der Waals surface area contributed by atoms with Crippen molar-refractivity contribution in [2.75, 3.05) is 11.1 Å². The molecule has 1 aromatic carbocycles. The van der Waals surface area contributed by atoms with Gasteiger partial charge in [-0.15, -0.1) is 10.2 Å². The summed E-state index contributed by atoms with van der Waals surface area (Å²) < 4.78 is 12.9. The van der Waals surface area contributed by atoms with Crippen molar-refractivity contribution >= 4 is 39.7 Å². The molecule has 17 heavy (non-hydrogen) atoms. The van der Waals surface area contributed by atoms with Crippen LogP contribution in [-0.2, 0) is 0 Å². The summed E-state index contributed by atoms with van der Waals surface area (Å²) in [6.07, 6.45) is 0. The Balaban J connectivity index is 2.21. The van der Waals surface area contributed by atoms with E-state index in [2.05, 4.69) is 15.5 Å². The van der Waals surface area contributed by atoms with Gasteiger partial charge in [0.25, 0.3) is 5.91 Å². The summed E-state index contributed by atoms with van der Waals surface area (Å²) in [5, 5.41) is 9.98. The van der Waals surface area contributed by atoms with Gasteiger partial charge in [-0.3, -0.25) is 4.79 Å². The third-order valence-corrected chi connectivity index (χ3v) is 2.89. The molecule has 0 bridgehead atoms. The maximum Gasteiger partial charge on any atom is 0.286 e. The zero-order valence-electron chi connectivity index (χ0n) is 8.28. The first-order chi connectivity index (χ1) is 8.06. The fourth-order valence-electron chi connectivity index (χ4n) is 1.10. The van der Waals surface area contributed by atoms with Crippen molar-refractivity contribution in [2.45, 2.75) is 0 Å². The predicted octanol–water partition coefficient (Wildman–Crippen LogP) is 2.17. The minimum Gasteiger partial charge on any atom is -0.374 e.